The lowest BCUT2D eigenvalue weighted by Crippen LogP contribution is -2.36. The molecule has 34 heavy (non-hydrogen) atoms. The molecule has 11 nitrogen and oxygen atoms in total. The molecule has 0 bridgehead atoms. The largest absolute Gasteiger partial charge is 0.397 e. The quantitative estimate of drug-likeness (QED) is 0.227. The summed E-state index contributed by atoms with van der Waals surface area (Å²) in [4.78, 5) is 43.7. The van der Waals surface area contributed by atoms with Gasteiger partial charge in [0.25, 0.3) is 0 Å². The molecule has 184 valence electrons. The second kappa shape index (κ2) is 14.3. The van der Waals surface area contributed by atoms with Gasteiger partial charge in [-0.3, -0.25) is 14.6 Å². The number of nitrogens with one attached hydrogen (secondary N) is 3. The number of rotatable bonds is 14. The van der Waals surface area contributed by atoms with Crippen molar-refractivity contribution in [3.05, 3.63) is 42.4 Å². The molecule has 11 heteroatoms. The van der Waals surface area contributed by atoms with Crippen LogP contribution in [0.1, 0.15) is 56.6 Å². The summed E-state index contributed by atoms with van der Waals surface area (Å²) in [7, 11) is 0. The average Bonchev–Trinajstić information content (AvgIpc) is 2.80. The summed E-state index contributed by atoms with van der Waals surface area (Å²) in [6, 6.07) is 6.50. The zero-order chi connectivity index (χ0) is 24.8. The zero-order valence-corrected chi connectivity index (χ0v) is 19.3. The number of primary amides is 1. The van der Waals surface area contributed by atoms with Crippen LogP contribution in [0.3, 0.4) is 0 Å². The van der Waals surface area contributed by atoms with E-state index in [0.29, 0.717) is 68.1 Å². The molecule has 0 spiro atoms. The lowest BCUT2D eigenvalue weighted by atomic mass is 9.97. The van der Waals surface area contributed by atoms with Gasteiger partial charge in [-0.05, 0) is 49.9 Å². The topological polar surface area (TPSA) is 191 Å². The number of hydrogen-bond donors (Lipinski definition) is 6. The summed E-state index contributed by atoms with van der Waals surface area (Å²) in [6.45, 7) is 1.02. The monoisotopic (exact) mass is 470 g/mol. The molecule has 0 aliphatic rings. The van der Waals surface area contributed by atoms with Crippen molar-refractivity contribution in [3.8, 4) is 0 Å². The molecule has 2 heterocycles. The predicted molar refractivity (Wildman–Crippen MR) is 132 cm³/mol. The van der Waals surface area contributed by atoms with E-state index in [1.807, 2.05) is 0 Å². The minimum atomic E-state index is -0.473. The van der Waals surface area contributed by atoms with Crippen LogP contribution in [0, 0.1) is 0 Å². The van der Waals surface area contributed by atoms with Gasteiger partial charge in [-0.15, -0.1) is 0 Å². The number of hydrogen-bond acceptors (Lipinski definition) is 7. The number of pyridine rings is 2. The number of nitrogens with zero attached hydrogens (tertiary/aromatic N) is 2. The highest BCUT2D eigenvalue weighted by molar-refractivity contribution is 5.89. The number of aromatic nitrogens is 2. The van der Waals surface area contributed by atoms with Crippen LogP contribution in [0.15, 0.2) is 36.7 Å². The second-order valence-electron chi connectivity index (χ2n) is 7.99. The van der Waals surface area contributed by atoms with Crippen molar-refractivity contribution in [2.24, 2.45) is 5.73 Å². The molecule has 4 amide bonds. The second-order valence-corrected chi connectivity index (χ2v) is 7.99. The van der Waals surface area contributed by atoms with Crippen molar-refractivity contribution in [1.82, 2.24) is 20.6 Å². The fraction of sp³-hybridized carbons (Fsp3) is 0.435. The van der Waals surface area contributed by atoms with E-state index in [-0.39, 0.29) is 11.9 Å². The molecule has 0 aliphatic heterocycles. The van der Waals surface area contributed by atoms with Crippen molar-refractivity contribution >= 4 is 35.0 Å². The fourth-order valence-electron chi connectivity index (χ4n) is 3.27. The number of nitrogens with two attached hydrogens (primary N) is 3. The highest BCUT2D eigenvalue weighted by Crippen LogP contribution is 2.20. The minimum Gasteiger partial charge on any atom is -0.397 e. The SMILES string of the molecule is NC(=O)C(CCCCNC(=O)NCCCCCC(=O)Nc1ccc(N)cn1)c1ccc(N)cn1. The number of carbonyl (C=O) groups excluding carboxylic acids is 3. The summed E-state index contributed by atoms with van der Waals surface area (Å²) in [6.07, 6.45) is 7.67. The molecular weight excluding hydrogens is 436 g/mol. The maximum absolute atomic E-state index is 11.9. The summed E-state index contributed by atoms with van der Waals surface area (Å²) in [5.41, 5.74) is 18.4. The van der Waals surface area contributed by atoms with Crippen LogP contribution >= 0.6 is 0 Å². The number of anilines is 3. The van der Waals surface area contributed by atoms with E-state index in [4.69, 9.17) is 17.2 Å². The molecule has 0 saturated heterocycles. The van der Waals surface area contributed by atoms with E-state index in [0.717, 1.165) is 12.8 Å². The molecule has 0 radical (unpaired) electrons. The first-order valence-corrected chi connectivity index (χ1v) is 11.4. The van der Waals surface area contributed by atoms with Crippen LogP contribution in [0.4, 0.5) is 22.0 Å². The lowest BCUT2D eigenvalue weighted by molar-refractivity contribution is -0.119. The Labute approximate surface area is 199 Å². The molecule has 9 N–H and O–H groups in total. The number of amides is 4. The molecule has 0 aromatic carbocycles. The Kier molecular flexibility index (Phi) is 11.1. The van der Waals surface area contributed by atoms with E-state index < -0.39 is 11.8 Å². The Balaban J connectivity index is 1.49. The smallest absolute Gasteiger partial charge is 0.314 e. The van der Waals surface area contributed by atoms with Crippen LogP contribution in [0.5, 0.6) is 0 Å². The van der Waals surface area contributed by atoms with E-state index in [1.165, 1.54) is 12.4 Å². The van der Waals surface area contributed by atoms with Gasteiger partial charge in [-0.25, -0.2) is 9.78 Å². The Hall–Kier alpha value is -3.89. The van der Waals surface area contributed by atoms with Crippen molar-refractivity contribution in [3.63, 3.8) is 0 Å². The third-order valence-electron chi connectivity index (χ3n) is 5.13. The average molecular weight is 471 g/mol. The van der Waals surface area contributed by atoms with Gasteiger partial charge in [0.2, 0.25) is 11.8 Å². The third kappa shape index (κ3) is 10.2. The Bertz CT molecular complexity index is 919. The van der Waals surface area contributed by atoms with Gasteiger partial charge < -0.3 is 33.2 Å². The van der Waals surface area contributed by atoms with Crippen molar-refractivity contribution in [1.29, 1.82) is 0 Å². The van der Waals surface area contributed by atoms with E-state index >= 15 is 0 Å². The highest BCUT2D eigenvalue weighted by Gasteiger charge is 2.18. The fourth-order valence-corrected chi connectivity index (χ4v) is 3.27. The van der Waals surface area contributed by atoms with Crippen molar-refractivity contribution < 1.29 is 14.4 Å². The van der Waals surface area contributed by atoms with Gasteiger partial charge in [-0.1, -0.05) is 12.8 Å². The normalized spacial score (nSPS) is 11.4. The molecule has 2 aromatic heterocycles. The standard InChI is InChI=1S/C23H34N8O3/c24-16-8-10-19(29-14-16)18(22(26)33)6-3-5-13-28-23(34)27-12-4-1-2-7-21(32)31-20-11-9-17(25)15-30-20/h8-11,14-15,18H,1-7,12-13,24-25H2,(H2,26,33)(H2,27,28,34)(H,30,31,32). The van der Waals surface area contributed by atoms with Gasteiger partial charge in [-0.2, -0.15) is 0 Å². The Morgan fingerprint density at radius 3 is 2.06 bits per heavy atom. The maximum Gasteiger partial charge on any atom is 0.314 e. The number of nitrogen functional groups attached to an aromatic ring is 2. The molecule has 0 fully saturated rings. The third-order valence-corrected chi connectivity index (χ3v) is 5.13. The molecule has 0 aliphatic carbocycles. The molecule has 0 saturated carbocycles. The first kappa shape index (κ1) is 26.4. The summed E-state index contributed by atoms with van der Waals surface area (Å²) in [5.74, 6) is -0.528. The Morgan fingerprint density at radius 2 is 1.47 bits per heavy atom. The van der Waals surface area contributed by atoms with E-state index in [9.17, 15) is 14.4 Å². The molecule has 1 unspecified atom stereocenters. The van der Waals surface area contributed by atoms with E-state index in [1.54, 1.807) is 24.3 Å². The van der Waals surface area contributed by atoms with Crippen molar-refractivity contribution in [2.75, 3.05) is 29.9 Å². The van der Waals surface area contributed by atoms with E-state index in [2.05, 4.69) is 25.9 Å². The lowest BCUT2D eigenvalue weighted by Gasteiger charge is -2.13. The summed E-state index contributed by atoms with van der Waals surface area (Å²) < 4.78 is 0. The maximum atomic E-state index is 11.9. The molecule has 2 aromatic rings. The van der Waals surface area contributed by atoms with Gasteiger partial charge >= 0.3 is 6.03 Å². The highest BCUT2D eigenvalue weighted by atomic mass is 16.2. The minimum absolute atomic E-state index is 0.103. The molecular formula is C23H34N8O3. The number of carbonyl (C=O) groups is 3. The summed E-state index contributed by atoms with van der Waals surface area (Å²) >= 11 is 0. The molecule has 1 atom stereocenters. The van der Waals surface area contributed by atoms with Crippen LogP contribution in [-0.4, -0.2) is 40.9 Å². The zero-order valence-electron chi connectivity index (χ0n) is 19.3. The van der Waals surface area contributed by atoms with Gasteiger partial charge in [0.05, 0.1) is 35.4 Å². The van der Waals surface area contributed by atoms with Gasteiger partial charge in [0, 0.05) is 19.5 Å². The Morgan fingerprint density at radius 1 is 0.824 bits per heavy atom. The first-order valence-electron chi connectivity index (χ1n) is 11.4. The van der Waals surface area contributed by atoms with Crippen LogP contribution in [0.25, 0.3) is 0 Å². The summed E-state index contributed by atoms with van der Waals surface area (Å²) in [5, 5.41) is 8.31. The number of urea groups is 1. The van der Waals surface area contributed by atoms with Crippen molar-refractivity contribution in [2.45, 2.75) is 50.9 Å². The van der Waals surface area contributed by atoms with Crippen LogP contribution < -0.4 is 33.2 Å². The number of unbranched alkanes of at least 4 members (excludes halogenated alkanes) is 3. The van der Waals surface area contributed by atoms with Gasteiger partial charge in [0.1, 0.15) is 5.82 Å². The molecule has 2 rings (SSSR count). The predicted octanol–water partition coefficient (Wildman–Crippen LogP) is 1.88. The first-order chi connectivity index (χ1) is 16.3. The van der Waals surface area contributed by atoms with Gasteiger partial charge in [0.15, 0.2) is 0 Å². The van der Waals surface area contributed by atoms with Crippen LogP contribution in [-0.2, 0) is 9.59 Å². The van der Waals surface area contributed by atoms with Crippen LogP contribution in [0.2, 0.25) is 0 Å².